The van der Waals surface area contributed by atoms with Crippen LogP contribution in [0.1, 0.15) is 5.56 Å². The fourth-order valence-corrected chi connectivity index (χ4v) is 3.59. The van der Waals surface area contributed by atoms with Crippen LogP contribution in [0.15, 0.2) is 53.2 Å². The van der Waals surface area contributed by atoms with Gasteiger partial charge >= 0.3 is 0 Å². The maximum atomic E-state index is 4.76. The molecule has 0 saturated heterocycles. The van der Waals surface area contributed by atoms with Crippen LogP contribution in [0, 0.1) is 0 Å². The molecule has 2 aliphatic heterocycles. The number of rotatable bonds is 1. The number of nitrogens with one attached hydrogen (secondary N) is 1. The van der Waals surface area contributed by atoms with Gasteiger partial charge in [-0.15, -0.1) is 0 Å². The van der Waals surface area contributed by atoms with E-state index < -0.39 is 0 Å². The minimum Gasteiger partial charge on any atom is -0.361 e. The predicted molar refractivity (Wildman–Crippen MR) is 89.1 cm³/mol. The Morgan fingerprint density at radius 1 is 1.30 bits per heavy atom. The summed E-state index contributed by atoms with van der Waals surface area (Å²) in [7, 11) is -0.107. The highest BCUT2D eigenvalue weighted by molar-refractivity contribution is 8.13. The fourth-order valence-electron chi connectivity index (χ4n) is 2.64. The van der Waals surface area contributed by atoms with Gasteiger partial charge in [0.2, 0.25) is 0 Å². The molecule has 1 N–H and O–H groups in total. The van der Waals surface area contributed by atoms with Crippen LogP contribution in [0.2, 0.25) is 0 Å². The Hall–Kier alpha value is -2.07. The van der Waals surface area contributed by atoms with Crippen molar-refractivity contribution in [1.82, 2.24) is 9.88 Å². The SMILES string of the molecule is C=S1CCN2C=CC=C(c3ccc4[nH]ccc4c3)C2=N1. The molecule has 100 valence electrons. The van der Waals surface area contributed by atoms with Crippen molar-refractivity contribution in [2.75, 3.05) is 12.3 Å². The molecule has 0 fully saturated rings. The number of aromatic nitrogens is 1. The molecule has 3 heterocycles. The van der Waals surface area contributed by atoms with E-state index in [9.17, 15) is 0 Å². The summed E-state index contributed by atoms with van der Waals surface area (Å²) in [4.78, 5) is 5.46. The first-order valence-electron chi connectivity index (χ1n) is 6.64. The van der Waals surface area contributed by atoms with Crippen LogP contribution in [-0.2, 0) is 0 Å². The van der Waals surface area contributed by atoms with Crippen LogP contribution in [-0.4, -0.2) is 33.9 Å². The Morgan fingerprint density at radius 3 is 3.20 bits per heavy atom. The Labute approximate surface area is 120 Å². The molecular formula is C16H15N3S. The summed E-state index contributed by atoms with van der Waals surface area (Å²) in [6.07, 6.45) is 8.32. The van der Waals surface area contributed by atoms with Crippen LogP contribution >= 0.6 is 10.7 Å². The number of nitrogens with zero attached hydrogens (tertiary/aromatic N) is 2. The van der Waals surface area contributed by atoms with Gasteiger partial charge in [-0.25, -0.2) is 4.40 Å². The van der Waals surface area contributed by atoms with Crippen LogP contribution in [0.4, 0.5) is 0 Å². The first-order chi connectivity index (χ1) is 9.81. The lowest BCUT2D eigenvalue weighted by atomic mass is 10.0. The van der Waals surface area contributed by atoms with E-state index >= 15 is 0 Å². The molecular weight excluding hydrogens is 266 g/mol. The fraction of sp³-hybridized carbons (Fsp3) is 0.125. The highest BCUT2D eigenvalue weighted by Crippen LogP contribution is 2.30. The van der Waals surface area contributed by atoms with Gasteiger partial charge in [-0.1, -0.05) is 22.6 Å². The highest BCUT2D eigenvalue weighted by atomic mass is 32.2. The molecule has 1 aromatic heterocycles. The second-order valence-corrected chi connectivity index (χ2v) is 6.49. The first-order valence-corrected chi connectivity index (χ1v) is 8.16. The molecule has 0 spiro atoms. The summed E-state index contributed by atoms with van der Waals surface area (Å²) in [5.41, 5.74) is 3.57. The smallest absolute Gasteiger partial charge is 0.147 e. The van der Waals surface area contributed by atoms with Gasteiger partial charge in [0.15, 0.2) is 0 Å². The van der Waals surface area contributed by atoms with E-state index in [-0.39, 0.29) is 10.7 Å². The van der Waals surface area contributed by atoms with Crippen molar-refractivity contribution >= 4 is 38.9 Å². The van der Waals surface area contributed by atoms with Crippen LogP contribution in [0.3, 0.4) is 0 Å². The number of H-pyrrole nitrogens is 1. The van der Waals surface area contributed by atoms with Gasteiger partial charge in [0, 0.05) is 35.8 Å². The van der Waals surface area contributed by atoms with E-state index in [1.807, 2.05) is 6.20 Å². The third-order valence-corrected chi connectivity index (χ3v) is 4.77. The number of allylic oxidation sites excluding steroid dienone is 2. The molecule has 3 nitrogen and oxygen atoms in total. The molecule has 0 radical (unpaired) electrons. The monoisotopic (exact) mass is 281 g/mol. The average molecular weight is 281 g/mol. The van der Waals surface area contributed by atoms with E-state index in [1.54, 1.807) is 0 Å². The predicted octanol–water partition coefficient (Wildman–Crippen LogP) is 3.41. The van der Waals surface area contributed by atoms with E-state index in [0.29, 0.717) is 0 Å². The van der Waals surface area contributed by atoms with Crippen LogP contribution in [0.5, 0.6) is 0 Å². The van der Waals surface area contributed by atoms with Crippen molar-refractivity contribution < 1.29 is 0 Å². The number of hydrogen-bond donors (Lipinski definition) is 1. The zero-order valence-electron chi connectivity index (χ0n) is 11.0. The van der Waals surface area contributed by atoms with Crippen molar-refractivity contribution in [3.05, 3.63) is 54.4 Å². The Balaban J connectivity index is 1.85. The number of hydrogen-bond acceptors (Lipinski definition) is 2. The summed E-state index contributed by atoms with van der Waals surface area (Å²) in [5.74, 6) is 6.22. The number of benzene rings is 1. The minimum absolute atomic E-state index is 0.107. The normalized spacial score (nSPS) is 21.6. The molecule has 20 heavy (non-hydrogen) atoms. The second kappa shape index (κ2) is 4.49. The van der Waals surface area contributed by atoms with Gasteiger partial charge in [0.25, 0.3) is 0 Å². The van der Waals surface area contributed by atoms with Gasteiger partial charge in [-0.2, -0.15) is 0 Å². The molecule has 4 rings (SSSR count). The van der Waals surface area contributed by atoms with Gasteiger partial charge in [-0.05, 0) is 41.3 Å². The summed E-state index contributed by atoms with van der Waals surface area (Å²) < 4.78 is 4.76. The second-order valence-electron chi connectivity index (χ2n) is 4.98. The standard InChI is InChI=1S/C16H15N3S/c1-20-10-9-19-8-2-3-14(16(19)18-20)12-4-5-15-13(11-12)6-7-17-15/h2-8,11,17H,1,9-10H2. The topological polar surface area (TPSA) is 31.4 Å². The number of amidine groups is 1. The summed E-state index contributed by atoms with van der Waals surface area (Å²) >= 11 is 0. The van der Waals surface area contributed by atoms with E-state index in [2.05, 4.69) is 58.4 Å². The van der Waals surface area contributed by atoms with Crippen LogP contribution in [0.25, 0.3) is 16.5 Å². The maximum absolute atomic E-state index is 4.76. The third kappa shape index (κ3) is 1.84. The van der Waals surface area contributed by atoms with Gasteiger partial charge in [-0.3, -0.25) is 0 Å². The van der Waals surface area contributed by atoms with Gasteiger partial charge in [0.1, 0.15) is 5.84 Å². The first kappa shape index (κ1) is 11.7. The average Bonchev–Trinajstić information content (AvgIpc) is 2.94. The molecule has 2 aliphatic rings. The molecule has 4 heteroatoms. The van der Waals surface area contributed by atoms with Crippen molar-refractivity contribution in [3.8, 4) is 0 Å². The van der Waals surface area contributed by atoms with Crippen molar-refractivity contribution in [1.29, 1.82) is 0 Å². The van der Waals surface area contributed by atoms with Crippen molar-refractivity contribution in [3.63, 3.8) is 0 Å². The Morgan fingerprint density at radius 2 is 2.25 bits per heavy atom. The number of aromatic amines is 1. The highest BCUT2D eigenvalue weighted by Gasteiger charge is 2.21. The van der Waals surface area contributed by atoms with Gasteiger partial charge in [0.05, 0.1) is 0 Å². The Bertz CT molecular complexity index is 795. The minimum atomic E-state index is -0.107. The molecule has 1 aromatic carbocycles. The van der Waals surface area contributed by atoms with E-state index in [1.165, 1.54) is 22.0 Å². The lowest BCUT2D eigenvalue weighted by molar-refractivity contribution is 0.593. The van der Waals surface area contributed by atoms with Gasteiger partial charge < -0.3 is 9.88 Å². The van der Waals surface area contributed by atoms with E-state index in [0.717, 1.165) is 18.1 Å². The lowest BCUT2D eigenvalue weighted by Crippen LogP contribution is -2.33. The van der Waals surface area contributed by atoms with Crippen molar-refractivity contribution in [2.45, 2.75) is 0 Å². The quantitative estimate of drug-likeness (QED) is 0.798. The van der Waals surface area contributed by atoms with Crippen molar-refractivity contribution in [2.24, 2.45) is 4.40 Å². The molecule has 2 aromatic rings. The largest absolute Gasteiger partial charge is 0.361 e. The lowest BCUT2D eigenvalue weighted by Gasteiger charge is -2.30. The zero-order chi connectivity index (χ0) is 13.5. The molecule has 0 bridgehead atoms. The third-order valence-electron chi connectivity index (χ3n) is 3.69. The van der Waals surface area contributed by atoms with E-state index in [4.69, 9.17) is 4.40 Å². The zero-order valence-corrected chi connectivity index (χ0v) is 11.9. The Kier molecular flexibility index (Phi) is 2.63. The summed E-state index contributed by atoms with van der Waals surface area (Å²) in [6, 6.07) is 8.60. The summed E-state index contributed by atoms with van der Waals surface area (Å²) in [5, 5.41) is 1.23. The van der Waals surface area contributed by atoms with Crippen LogP contribution < -0.4 is 0 Å². The molecule has 0 aliphatic carbocycles. The molecule has 0 saturated carbocycles. The molecule has 1 atom stereocenters. The number of fused-ring (bicyclic) bond motifs is 2. The maximum Gasteiger partial charge on any atom is 0.147 e. The molecule has 0 amide bonds. The molecule has 1 unspecified atom stereocenters. The summed E-state index contributed by atoms with van der Waals surface area (Å²) in [6.45, 7) is 1.01.